The number of ether oxygens (including phenoxy) is 2. The number of aliphatic hydroxyl groups is 2. The summed E-state index contributed by atoms with van der Waals surface area (Å²) >= 11 is 0. The van der Waals surface area contributed by atoms with Crippen LogP contribution in [0.2, 0.25) is 0 Å². The topological polar surface area (TPSA) is 93.1 Å². The molecule has 0 saturated heterocycles. The van der Waals surface area contributed by atoms with E-state index in [1.165, 1.54) is 103 Å². The maximum absolute atomic E-state index is 12.3. The Hall–Kier alpha value is -1.66. The van der Waals surface area contributed by atoms with Crippen molar-refractivity contribution >= 4 is 11.9 Å². The van der Waals surface area contributed by atoms with Crippen LogP contribution in [0.15, 0.2) is 24.3 Å². The van der Waals surface area contributed by atoms with Crippen LogP contribution in [0.4, 0.5) is 0 Å². The predicted octanol–water partition coefficient (Wildman–Crippen LogP) is 11.1. The van der Waals surface area contributed by atoms with Crippen LogP contribution in [0.25, 0.3) is 0 Å². The van der Waals surface area contributed by atoms with Gasteiger partial charge < -0.3 is 19.7 Å². The zero-order valence-corrected chi connectivity index (χ0v) is 31.0. The summed E-state index contributed by atoms with van der Waals surface area (Å²) < 4.78 is 10.7. The van der Waals surface area contributed by atoms with Gasteiger partial charge in [-0.25, -0.2) is 0 Å². The Morgan fingerprint density at radius 1 is 0.447 bits per heavy atom. The molecule has 0 aromatic heterocycles. The van der Waals surface area contributed by atoms with Crippen molar-refractivity contribution in [2.24, 2.45) is 5.41 Å². The van der Waals surface area contributed by atoms with Gasteiger partial charge in [0.25, 0.3) is 0 Å². The van der Waals surface area contributed by atoms with Gasteiger partial charge in [-0.1, -0.05) is 141 Å². The second-order valence-corrected chi connectivity index (χ2v) is 13.8. The molecule has 0 aromatic carbocycles. The standard InChI is InChI=1S/C41H76O6/c1-3-5-7-9-11-13-15-17-19-21-23-25-27-29-31-33-39(44)46-37-41(35-42,36-43)38-47-40(45)34-32-30-28-26-24-22-20-18-16-14-12-10-8-6-4-2/h17-20,42-43H,3-16,21-38H2,1-2H3/b19-17-,20-18-. The molecule has 0 aliphatic carbocycles. The highest BCUT2D eigenvalue weighted by Gasteiger charge is 2.33. The molecule has 0 spiro atoms. The van der Waals surface area contributed by atoms with Crippen LogP contribution < -0.4 is 0 Å². The van der Waals surface area contributed by atoms with Gasteiger partial charge in [0.15, 0.2) is 0 Å². The van der Waals surface area contributed by atoms with E-state index in [2.05, 4.69) is 38.2 Å². The van der Waals surface area contributed by atoms with E-state index < -0.39 is 18.6 Å². The molecule has 276 valence electrons. The van der Waals surface area contributed by atoms with E-state index in [-0.39, 0.29) is 25.2 Å². The minimum absolute atomic E-state index is 0.162. The number of hydrogen-bond donors (Lipinski definition) is 2. The fraction of sp³-hybridized carbons (Fsp3) is 0.854. The maximum atomic E-state index is 12.3. The molecule has 0 aliphatic rings. The number of rotatable bonds is 36. The molecule has 2 N–H and O–H groups in total. The average Bonchev–Trinajstić information content (AvgIpc) is 3.08. The molecule has 0 rings (SSSR count). The van der Waals surface area contributed by atoms with Gasteiger partial charge in [0, 0.05) is 12.8 Å². The van der Waals surface area contributed by atoms with Gasteiger partial charge in [-0.05, 0) is 64.2 Å². The fourth-order valence-electron chi connectivity index (χ4n) is 5.57. The number of unbranched alkanes of at least 4 members (excludes halogenated alkanes) is 22. The lowest BCUT2D eigenvalue weighted by Gasteiger charge is -2.28. The van der Waals surface area contributed by atoms with E-state index in [0.717, 1.165) is 64.2 Å². The second kappa shape index (κ2) is 35.6. The van der Waals surface area contributed by atoms with Crippen LogP contribution >= 0.6 is 0 Å². The maximum Gasteiger partial charge on any atom is 0.305 e. The molecule has 0 bridgehead atoms. The SMILES string of the molecule is CCCCCCCC/C=C\CCCCCCCC(=O)OCC(CO)(CO)COC(=O)CCCCCCC/C=C\CCCCCCCC. The second-order valence-electron chi connectivity index (χ2n) is 13.8. The smallest absolute Gasteiger partial charge is 0.305 e. The van der Waals surface area contributed by atoms with Crippen LogP contribution in [-0.4, -0.2) is 48.6 Å². The first-order chi connectivity index (χ1) is 23.0. The van der Waals surface area contributed by atoms with Crippen molar-refractivity contribution in [3.8, 4) is 0 Å². The zero-order valence-electron chi connectivity index (χ0n) is 31.0. The molecule has 0 fully saturated rings. The van der Waals surface area contributed by atoms with Crippen LogP contribution in [0.5, 0.6) is 0 Å². The molecule has 0 radical (unpaired) electrons. The van der Waals surface area contributed by atoms with E-state index >= 15 is 0 Å². The van der Waals surface area contributed by atoms with Crippen molar-refractivity contribution in [3.63, 3.8) is 0 Å². The molecular formula is C41H76O6. The summed E-state index contributed by atoms with van der Waals surface area (Å²) in [4.78, 5) is 24.5. The van der Waals surface area contributed by atoms with Crippen molar-refractivity contribution in [1.82, 2.24) is 0 Å². The van der Waals surface area contributed by atoms with Gasteiger partial charge in [-0.15, -0.1) is 0 Å². The van der Waals surface area contributed by atoms with Gasteiger partial charge in [-0.2, -0.15) is 0 Å². The Balaban J connectivity index is 3.81. The Bertz CT molecular complexity index is 684. The third-order valence-corrected chi connectivity index (χ3v) is 9.03. The van der Waals surface area contributed by atoms with Crippen molar-refractivity contribution < 1.29 is 29.3 Å². The average molecular weight is 665 g/mol. The Kier molecular flexibility index (Phi) is 34.4. The van der Waals surface area contributed by atoms with Crippen molar-refractivity contribution in [1.29, 1.82) is 0 Å². The molecule has 6 heteroatoms. The Morgan fingerprint density at radius 2 is 0.723 bits per heavy atom. The van der Waals surface area contributed by atoms with Crippen molar-refractivity contribution in [3.05, 3.63) is 24.3 Å². The number of esters is 2. The number of aliphatic hydroxyl groups excluding tert-OH is 2. The van der Waals surface area contributed by atoms with Gasteiger partial charge >= 0.3 is 11.9 Å². The summed E-state index contributed by atoms with van der Waals surface area (Å²) in [5, 5.41) is 19.8. The summed E-state index contributed by atoms with van der Waals surface area (Å²) in [7, 11) is 0. The fourth-order valence-corrected chi connectivity index (χ4v) is 5.57. The summed E-state index contributed by atoms with van der Waals surface area (Å²) in [5.74, 6) is -0.679. The van der Waals surface area contributed by atoms with Crippen molar-refractivity contribution in [2.45, 2.75) is 194 Å². The zero-order chi connectivity index (χ0) is 34.5. The summed E-state index contributed by atoms with van der Waals surface area (Å²) in [6, 6.07) is 0. The van der Waals surface area contributed by atoms with Crippen LogP contribution in [0.3, 0.4) is 0 Å². The number of allylic oxidation sites excluding steroid dienone is 4. The molecule has 0 heterocycles. The lowest BCUT2D eigenvalue weighted by molar-refractivity contribution is -0.159. The normalized spacial score (nSPS) is 12.0. The van der Waals surface area contributed by atoms with Crippen molar-refractivity contribution in [2.75, 3.05) is 26.4 Å². The number of carbonyl (C=O) groups is 2. The number of carbonyl (C=O) groups excluding carboxylic acids is 2. The Labute approximate surface area is 290 Å². The highest BCUT2D eigenvalue weighted by Crippen LogP contribution is 2.19. The van der Waals surface area contributed by atoms with E-state index in [1.54, 1.807) is 0 Å². The van der Waals surface area contributed by atoms with Gasteiger partial charge in [0.05, 0.1) is 18.6 Å². The lowest BCUT2D eigenvalue weighted by Crippen LogP contribution is -2.41. The largest absolute Gasteiger partial charge is 0.465 e. The number of hydrogen-bond acceptors (Lipinski definition) is 6. The Morgan fingerprint density at radius 3 is 1.02 bits per heavy atom. The van der Waals surface area contributed by atoms with Crippen LogP contribution in [0, 0.1) is 5.41 Å². The monoisotopic (exact) mass is 665 g/mol. The minimum Gasteiger partial charge on any atom is -0.465 e. The molecular weight excluding hydrogens is 588 g/mol. The first-order valence-electron chi connectivity index (χ1n) is 19.9. The molecule has 6 nitrogen and oxygen atoms in total. The summed E-state index contributed by atoms with van der Waals surface area (Å²) in [6.45, 7) is 3.33. The highest BCUT2D eigenvalue weighted by atomic mass is 16.5. The quantitative estimate of drug-likeness (QED) is 0.0393. The third kappa shape index (κ3) is 31.4. The van der Waals surface area contributed by atoms with E-state index in [1.807, 2.05) is 0 Å². The first kappa shape index (κ1) is 45.3. The predicted molar refractivity (Wildman–Crippen MR) is 197 cm³/mol. The summed E-state index contributed by atoms with van der Waals surface area (Å²) in [6.07, 6.45) is 41.1. The summed E-state index contributed by atoms with van der Waals surface area (Å²) in [5.41, 5.74) is -1.17. The molecule has 47 heavy (non-hydrogen) atoms. The van der Waals surface area contributed by atoms with Gasteiger partial charge in [0.2, 0.25) is 0 Å². The minimum atomic E-state index is -1.17. The molecule has 0 aliphatic heterocycles. The van der Waals surface area contributed by atoms with E-state index in [4.69, 9.17) is 9.47 Å². The molecule has 0 unspecified atom stereocenters. The third-order valence-electron chi connectivity index (χ3n) is 9.03. The van der Waals surface area contributed by atoms with Crippen LogP contribution in [-0.2, 0) is 19.1 Å². The van der Waals surface area contributed by atoms with E-state index in [9.17, 15) is 19.8 Å². The highest BCUT2D eigenvalue weighted by molar-refractivity contribution is 5.69. The van der Waals surface area contributed by atoms with Gasteiger partial charge in [0.1, 0.15) is 13.2 Å². The molecule has 0 atom stereocenters. The van der Waals surface area contributed by atoms with Crippen LogP contribution in [0.1, 0.15) is 194 Å². The molecule has 0 aromatic rings. The first-order valence-corrected chi connectivity index (χ1v) is 19.9. The molecule has 0 saturated carbocycles. The lowest BCUT2D eigenvalue weighted by atomic mass is 9.92. The molecule has 0 amide bonds. The van der Waals surface area contributed by atoms with Gasteiger partial charge in [-0.3, -0.25) is 9.59 Å². The van der Waals surface area contributed by atoms with E-state index in [0.29, 0.717) is 12.8 Å².